The largest absolute Gasteiger partial charge is 0.481 e. The first-order chi connectivity index (χ1) is 8.94. The summed E-state index contributed by atoms with van der Waals surface area (Å²) >= 11 is 3.35. The average Bonchev–Trinajstić information content (AvgIpc) is 2.28. The Morgan fingerprint density at radius 2 is 1.89 bits per heavy atom. The zero-order valence-electron chi connectivity index (χ0n) is 11.4. The van der Waals surface area contributed by atoms with Crippen LogP contribution in [0, 0.1) is 0 Å². The number of aliphatic hydroxyl groups is 1. The maximum atomic E-state index is 11.6. The Balaban J connectivity index is 3.21. The molecule has 0 bridgehead atoms. The summed E-state index contributed by atoms with van der Waals surface area (Å²) in [5.41, 5.74) is -0.540. The van der Waals surface area contributed by atoms with Crippen molar-refractivity contribution in [2.24, 2.45) is 0 Å². The molecule has 0 spiro atoms. The fourth-order valence-corrected chi connectivity index (χ4v) is 3.07. The van der Waals surface area contributed by atoms with Gasteiger partial charge in [-0.05, 0) is 30.5 Å². The first-order valence-electron chi connectivity index (χ1n) is 6.65. The van der Waals surface area contributed by atoms with Crippen LogP contribution in [0.5, 0.6) is 0 Å². The van der Waals surface area contributed by atoms with E-state index in [1.54, 1.807) is 18.2 Å². The fraction of sp³-hybridized carbons (Fsp3) is 0.533. The van der Waals surface area contributed by atoms with Crippen LogP contribution in [0.1, 0.15) is 51.0 Å². The summed E-state index contributed by atoms with van der Waals surface area (Å²) in [6.07, 6.45) is 2.50. The molecule has 1 aromatic rings. The van der Waals surface area contributed by atoms with Crippen LogP contribution >= 0.6 is 15.9 Å². The van der Waals surface area contributed by atoms with E-state index < -0.39 is 17.5 Å². The molecular weight excluding hydrogens is 308 g/mol. The van der Waals surface area contributed by atoms with Gasteiger partial charge in [0.1, 0.15) is 5.92 Å². The van der Waals surface area contributed by atoms with Gasteiger partial charge in [-0.15, -0.1) is 0 Å². The SMILES string of the molecule is CCCC(O)(CCC)[C@@H](C(=O)O)c1cccc(Br)c1. The number of carboxylic acid groups (broad SMARTS) is 1. The molecule has 106 valence electrons. The molecule has 1 rings (SSSR count). The molecule has 0 aromatic heterocycles. The molecule has 1 atom stereocenters. The van der Waals surface area contributed by atoms with Gasteiger partial charge in [0, 0.05) is 4.47 Å². The fourth-order valence-electron chi connectivity index (χ4n) is 2.65. The van der Waals surface area contributed by atoms with Crippen molar-refractivity contribution in [1.29, 1.82) is 0 Å². The van der Waals surface area contributed by atoms with Gasteiger partial charge in [0.2, 0.25) is 0 Å². The normalized spacial score (nSPS) is 13.3. The van der Waals surface area contributed by atoms with E-state index in [1.807, 2.05) is 19.9 Å². The first kappa shape index (κ1) is 16.2. The minimum absolute atomic E-state index is 0.490. The third-order valence-corrected chi connectivity index (χ3v) is 3.83. The number of hydrogen-bond acceptors (Lipinski definition) is 2. The highest BCUT2D eigenvalue weighted by molar-refractivity contribution is 9.10. The highest BCUT2D eigenvalue weighted by Gasteiger charge is 2.41. The molecule has 19 heavy (non-hydrogen) atoms. The van der Waals surface area contributed by atoms with Gasteiger partial charge >= 0.3 is 5.97 Å². The topological polar surface area (TPSA) is 57.5 Å². The first-order valence-corrected chi connectivity index (χ1v) is 7.44. The van der Waals surface area contributed by atoms with E-state index in [0.717, 1.165) is 17.3 Å². The maximum absolute atomic E-state index is 11.6. The lowest BCUT2D eigenvalue weighted by Crippen LogP contribution is -2.40. The number of benzene rings is 1. The highest BCUT2D eigenvalue weighted by atomic mass is 79.9. The summed E-state index contributed by atoms with van der Waals surface area (Å²) in [7, 11) is 0. The van der Waals surface area contributed by atoms with Crippen molar-refractivity contribution in [2.45, 2.75) is 51.0 Å². The Labute approximate surface area is 122 Å². The van der Waals surface area contributed by atoms with Crippen LogP contribution in [-0.4, -0.2) is 21.8 Å². The summed E-state index contributed by atoms with van der Waals surface area (Å²) in [4.78, 5) is 11.6. The molecule has 0 aliphatic rings. The van der Waals surface area contributed by atoms with Gasteiger partial charge in [-0.25, -0.2) is 0 Å². The molecule has 2 N–H and O–H groups in total. The monoisotopic (exact) mass is 328 g/mol. The van der Waals surface area contributed by atoms with Gasteiger partial charge in [-0.2, -0.15) is 0 Å². The lowest BCUT2D eigenvalue weighted by Gasteiger charge is -2.34. The predicted octanol–water partition coefficient (Wildman–Crippen LogP) is 3.95. The van der Waals surface area contributed by atoms with Gasteiger partial charge in [0.25, 0.3) is 0 Å². The van der Waals surface area contributed by atoms with Crippen molar-refractivity contribution in [3.63, 3.8) is 0 Å². The number of aliphatic carboxylic acids is 1. The predicted molar refractivity (Wildman–Crippen MR) is 79.3 cm³/mol. The number of carbonyl (C=O) groups is 1. The molecule has 0 amide bonds. The zero-order valence-corrected chi connectivity index (χ0v) is 13.0. The van der Waals surface area contributed by atoms with Crippen molar-refractivity contribution in [3.8, 4) is 0 Å². The van der Waals surface area contributed by atoms with E-state index in [4.69, 9.17) is 0 Å². The molecule has 0 saturated carbocycles. The number of rotatable bonds is 7. The summed E-state index contributed by atoms with van der Waals surface area (Å²) in [5, 5.41) is 20.3. The third-order valence-electron chi connectivity index (χ3n) is 3.33. The minimum atomic E-state index is -1.18. The van der Waals surface area contributed by atoms with Crippen molar-refractivity contribution in [2.75, 3.05) is 0 Å². The summed E-state index contributed by atoms with van der Waals surface area (Å²) in [6.45, 7) is 3.92. The molecule has 4 heteroatoms. The van der Waals surface area contributed by atoms with E-state index in [2.05, 4.69) is 15.9 Å². The summed E-state index contributed by atoms with van der Waals surface area (Å²) in [5.74, 6) is -1.85. The summed E-state index contributed by atoms with van der Waals surface area (Å²) in [6, 6.07) is 7.18. The lowest BCUT2D eigenvalue weighted by atomic mass is 9.76. The van der Waals surface area contributed by atoms with E-state index in [0.29, 0.717) is 18.4 Å². The Hall–Kier alpha value is -0.870. The van der Waals surface area contributed by atoms with Crippen LogP contribution in [0.3, 0.4) is 0 Å². The lowest BCUT2D eigenvalue weighted by molar-refractivity contribution is -0.147. The van der Waals surface area contributed by atoms with Crippen LogP contribution < -0.4 is 0 Å². The van der Waals surface area contributed by atoms with Crippen molar-refractivity contribution in [1.82, 2.24) is 0 Å². The Kier molecular flexibility index (Phi) is 6.01. The summed E-state index contributed by atoms with van der Waals surface area (Å²) < 4.78 is 0.826. The second-order valence-electron chi connectivity index (χ2n) is 4.93. The second kappa shape index (κ2) is 7.06. The van der Waals surface area contributed by atoms with Crippen LogP contribution in [0.25, 0.3) is 0 Å². The average molecular weight is 329 g/mol. The molecule has 0 fully saturated rings. The maximum Gasteiger partial charge on any atom is 0.313 e. The quantitative estimate of drug-likeness (QED) is 0.796. The standard InChI is InChI=1S/C15H21BrO3/c1-3-8-15(19,9-4-2)13(14(17)18)11-6-5-7-12(16)10-11/h5-7,10,13,19H,3-4,8-9H2,1-2H3,(H,17,18)/t13-/m1/s1. The molecule has 0 unspecified atom stereocenters. The van der Waals surface area contributed by atoms with Crippen LogP contribution in [0.4, 0.5) is 0 Å². The third kappa shape index (κ3) is 4.05. The molecule has 3 nitrogen and oxygen atoms in total. The molecule has 1 aromatic carbocycles. The van der Waals surface area contributed by atoms with E-state index in [1.165, 1.54) is 0 Å². The highest BCUT2D eigenvalue weighted by Crippen LogP contribution is 2.37. The number of halogens is 1. The van der Waals surface area contributed by atoms with Crippen molar-refractivity contribution < 1.29 is 15.0 Å². The van der Waals surface area contributed by atoms with E-state index >= 15 is 0 Å². The molecule has 0 heterocycles. The van der Waals surface area contributed by atoms with Gasteiger partial charge in [0.05, 0.1) is 5.60 Å². The molecule has 0 aliphatic heterocycles. The Morgan fingerprint density at radius 1 is 1.32 bits per heavy atom. The van der Waals surface area contributed by atoms with Crippen LogP contribution in [0.15, 0.2) is 28.7 Å². The van der Waals surface area contributed by atoms with E-state index in [9.17, 15) is 15.0 Å². The number of carboxylic acids is 1. The Bertz CT molecular complexity index is 425. The van der Waals surface area contributed by atoms with Gasteiger partial charge < -0.3 is 10.2 Å². The molecule has 0 aliphatic carbocycles. The molecule has 0 saturated heterocycles. The Morgan fingerprint density at radius 3 is 2.32 bits per heavy atom. The second-order valence-corrected chi connectivity index (χ2v) is 5.85. The zero-order chi connectivity index (χ0) is 14.5. The minimum Gasteiger partial charge on any atom is -0.481 e. The van der Waals surface area contributed by atoms with Crippen LogP contribution in [0.2, 0.25) is 0 Å². The van der Waals surface area contributed by atoms with Crippen LogP contribution in [-0.2, 0) is 4.79 Å². The van der Waals surface area contributed by atoms with Crippen molar-refractivity contribution >= 4 is 21.9 Å². The molecule has 0 radical (unpaired) electrons. The van der Waals surface area contributed by atoms with E-state index in [-0.39, 0.29) is 0 Å². The van der Waals surface area contributed by atoms with Gasteiger partial charge in [-0.1, -0.05) is 54.8 Å². The smallest absolute Gasteiger partial charge is 0.313 e. The molecular formula is C15H21BrO3. The number of hydrogen-bond donors (Lipinski definition) is 2. The van der Waals surface area contributed by atoms with Crippen molar-refractivity contribution in [3.05, 3.63) is 34.3 Å². The van der Waals surface area contributed by atoms with Gasteiger partial charge in [-0.3, -0.25) is 4.79 Å². The van der Waals surface area contributed by atoms with Gasteiger partial charge in [0.15, 0.2) is 0 Å².